The summed E-state index contributed by atoms with van der Waals surface area (Å²) >= 11 is 3.13. The van der Waals surface area contributed by atoms with Crippen LogP contribution in [0.2, 0.25) is 0 Å². The number of nitrogens with zero attached hydrogens (tertiary/aromatic N) is 2. The molecule has 0 aliphatic heterocycles. The second kappa shape index (κ2) is 7.09. The summed E-state index contributed by atoms with van der Waals surface area (Å²) in [5.74, 6) is 0.150. The number of aryl methyl sites for hydroxylation is 2. The molecule has 1 unspecified atom stereocenters. The lowest BCUT2D eigenvalue weighted by Gasteiger charge is -2.19. The molecule has 0 fully saturated rings. The highest BCUT2D eigenvalue weighted by atomic mass is 32.1. The quantitative estimate of drug-likeness (QED) is 0.710. The Morgan fingerprint density at radius 3 is 2.72 bits per heavy atom. The third-order valence-electron chi connectivity index (χ3n) is 4.28. The van der Waals surface area contributed by atoms with Crippen molar-refractivity contribution in [3.05, 3.63) is 38.6 Å². The number of thiophene rings is 2. The number of aromatic nitrogens is 2. The number of primary amides is 1. The summed E-state index contributed by atoms with van der Waals surface area (Å²) in [6.07, 6.45) is 1.95. The molecule has 3 rings (SSSR count). The van der Waals surface area contributed by atoms with Crippen LogP contribution in [-0.4, -0.2) is 15.5 Å². The second-order valence-corrected chi connectivity index (χ2v) is 8.12. The minimum atomic E-state index is -0.664. The molecule has 1 amide bonds. The Kier molecular flexibility index (Phi) is 5.06. The van der Waals surface area contributed by atoms with E-state index >= 15 is 0 Å². The Morgan fingerprint density at radius 1 is 1.40 bits per heavy atom. The standard InChI is InChI=1S/C18H21N3O2S2/c1-4-7-13-20-17-15(18(23)21(13)11(5-2)16(19)22)14(10(3)25-17)12-8-6-9-24-12/h6,8-9,11H,4-5,7H2,1-3H3,(H2,19,22). The van der Waals surface area contributed by atoms with Gasteiger partial charge in [-0.2, -0.15) is 0 Å². The van der Waals surface area contributed by atoms with Gasteiger partial charge in [-0.3, -0.25) is 14.2 Å². The van der Waals surface area contributed by atoms with Crippen molar-refractivity contribution in [2.45, 2.75) is 46.1 Å². The van der Waals surface area contributed by atoms with E-state index in [0.29, 0.717) is 24.1 Å². The zero-order valence-electron chi connectivity index (χ0n) is 14.5. The lowest BCUT2D eigenvalue weighted by atomic mass is 10.1. The van der Waals surface area contributed by atoms with Crippen molar-refractivity contribution >= 4 is 38.8 Å². The van der Waals surface area contributed by atoms with Crippen LogP contribution in [0.15, 0.2) is 22.3 Å². The summed E-state index contributed by atoms with van der Waals surface area (Å²) in [4.78, 5) is 32.9. The summed E-state index contributed by atoms with van der Waals surface area (Å²) in [6.45, 7) is 5.90. The third-order valence-corrected chi connectivity index (χ3v) is 6.16. The van der Waals surface area contributed by atoms with Crippen LogP contribution in [0.5, 0.6) is 0 Å². The zero-order chi connectivity index (χ0) is 18.1. The van der Waals surface area contributed by atoms with Gasteiger partial charge in [-0.25, -0.2) is 4.98 Å². The van der Waals surface area contributed by atoms with Crippen LogP contribution in [0.3, 0.4) is 0 Å². The van der Waals surface area contributed by atoms with Gasteiger partial charge in [0.2, 0.25) is 5.91 Å². The van der Waals surface area contributed by atoms with Crippen LogP contribution >= 0.6 is 22.7 Å². The normalized spacial score (nSPS) is 12.6. The van der Waals surface area contributed by atoms with Gasteiger partial charge in [0.25, 0.3) is 5.56 Å². The van der Waals surface area contributed by atoms with Gasteiger partial charge in [0, 0.05) is 21.7 Å². The predicted octanol–water partition coefficient (Wildman–Crippen LogP) is 3.88. The number of nitrogens with two attached hydrogens (primary N) is 1. The third kappa shape index (κ3) is 3.02. The first kappa shape index (κ1) is 17.8. The summed E-state index contributed by atoms with van der Waals surface area (Å²) in [5.41, 5.74) is 6.35. The maximum atomic E-state index is 13.4. The number of fused-ring (bicyclic) bond motifs is 1. The maximum absolute atomic E-state index is 13.4. The van der Waals surface area contributed by atoms with Crippen LogP contribution in [0, 0.1) is 6.92 Å². The van der Waals surface area contributed by atoms with Crippen LogP contribution in [0.25, 0.3) is 20.7 Å². The first-order valence-electron chi connectivity index (χ1n) is 8.37. The predicted molar refractivity (Wildman–Crippen MR) is 104 cm³/mol. The number of amides is 1. The summed E-state index contributed by atoms with van der Waals surface area (Å²) < 4.78 is 1.53. The van der Waals surface area contributed by atoms with E-state index in [1.54, 1.807) is 11.3 Å². The van der Waals surface area contributed by atoms with Gasteiger partial charge in [0.05, 0.1) is 5.39 Å². The molecule has 5 nitrogen and oxygen atoms in total. The molecule has 0 aliphatic rings. The highest BCUT2D eigenvalue weighted by Crippen LogP contribution is 2.38. The van der Waals surface area contributed by atoms with Gasteiger partial charge >= 0.3 is 0 Å². The van der Waals surface area contributed by atoms with Crippen molar-refractivity contribution in [2.24, 2.45) is 5.73 Å². The highest BCUT2D eigenvalue weighted by Gasteiger charge is 2.25. The molecular formula is C18H21N3O2S2. The summed E-state index contributed by atoms with van der Waals surface area (Å²) in [6, 6.07) is 3.31. The lowest BCUT2D eigenvalue weighted by Crippen LogP contribution is -2.36. The minimum Gasteiger partial charge on any atom is -0.368 e. The molecule has 0 saturated carbocycles. The van der Waals surface area contributed by atoms with E-state index in [0.717, 1.165) is 26.6 Å². The van der Waals surface area contributed by atoms with Crippen LogP contribution in [-0.2, 0) is 11.2 Å². The average Bonchev–Trinajstić information content (AvgIpc) is 3.17. The maximum Gasteiger partial charge on any atom is 0.263 e. The lowest BCUT2D eigenvalue weighted by molar-refractivity contribution is -0.121. The molecule has 2 N–H and O–H groups in total. The van der Waals surface area contributed by atoms with Gasteiger partial charge in [-0.15, -0.1) is 22.7 Å². The molecule has 25 heavy (non-hydrogen) atoms. The van der Waals surface area contributed by atoms with Crippen LogP contribution in [0.1, 0.15) is 43.4 Å². The second-order valence-electron chi connectivity index (χ2n) is 5.97. The van der Waals surface area contributed by atoms with Crippen LogP contribution < -0.4 is 11.3 Å². The number of hydrogen-bond acceptors (Lipinski definition) is 5. The number of carbonyl (C=O) groups is 1. The fourth-order valence-electron chi connectivity index (χ4n) is 3.17. The molecule has 132 valence electrons. The Balaban J connectivity index is 2.39. The number of hydrogen-bond donors (Lipinski definition) is 1. The van der Waals surface area contributed by atoms with Crippen molar-refractivity contribution in [3.63, 3.8) is 0 Å². The van der Waals surface area contributed by atoms with Crippen LogP contribution in [0.4, 0.5) is 0 Å². The molecule has 0 bridgehead atoms. The minimum absolute atomic E-state index is 0.160. The molecule has 1 atom stereocenters. The van der Waals surface area contributed by atoms with Crippen molar-refractivity contribution in [1.82, 2.24) is 9.55 Å². The molecule has 0 saturated heterocycles. The Morgan fingerprint density at radius 2 is 2.16 bits per heavy atom. The van der Waals surface area contributed by atoms with E-state index in [1.807, 2.05) is 38.3 Å². The molecule has 0 spiro atoms. The molecule has 3 heterocycles. The van der Waals surface area contributed by atoms with Gasteiger partial charge in [-0.05, 0) is 31.2 Å². The Hall–Kier alpha value is -1.99. The van der Waals surface area contributed by atoms with E-state index in [-0.39, 0.29) is 5.56 Å². The van der Waals surface area contributed by atoms with Crippen molar-refractivity contribution in [3.8, 4) is 10.4 Å². The van der Waals surface area contributed by atoms with Gasteiger partial charge < -0.3 is 5.73 Å². The summed E-state index contributed by atoms with van der Waals surface area (Å²) in [7, 11) is 0. The van der Waals surface area contributed by atoms with Gasteiger partial charge in [-0.1, -0.05) is 19.9 Å². The largest absolute Gasteiger partial charge is 0.368 e. The molecule has 3 aromatic heterocycles. The first-order valence-corrected chi connectivity index (χ1v) is 10.1. The van der Waals surface area contributed by atoms with Crippen molar-refractivity contribution in [2.75, 3.05) is 0 Å². The Labute approximate surface area is 154 Å². The smallest absolute Gasteiger partial charge is 0.263 e. The van der Waals surface area contributed by atoms with Crippen molar-refractivity contribution in [1.29, 1.82) is 0 Å². The summed E-state index contributed by atoms with van der Waals surface area (Å²) in [5, 5.41) is 2.60. The van der Waals surface area contributed by atoms with Gasteiger partial charge in [0.1, 0.15) is 16.7 Å². The SMILES string of the molecule is CCCc1nc2sc(C)c(-c3cccs3)c2c(=O)n1C(CC)C(N)=O. The Bertz CT molecular complexity index is 971. The fourth-order valence-corrected chi connectivity index (χ4v) is 5.11. The van der Waals surface area contributed by atoms with E-state index in [2.05, 4.69) is 0 Å². The molecule has 7 heteroatoms. The van der Waals surface area contributed by atoms with E-state index in [4.69, 9.17) is 10.7 Å². The van der Waals surface area contributed by atoms with Crippen molar-refractivity contribution < 1.29 is 4.79 Å². The topological polar surface area (TPSA) is 78.0 Å². The molecule has 0 aliphatic carbocycles. The van der Waals surface area contributed by atoms with E-state index < -0.39 is 11.9 Å². The molecule has 0 radical (unpaired) electrons. The fraction of sp³-hybridized carbons (Fsp3) is 0.389. The monoisotopic (exact) mass is 375 g/mol. The molecule has 3 aromatic rings. The first-order chi connectivity index (χ1) is 12.0. The molecular weight excluding hydrogens is 354 g/mol. The zero-order valence-corrected chi connectivity index (χ0v) is 16.2. The average molecular weight is 376 g/mol. The van der Waals surface area contributed by atoms with E-state index in [1.165, 1.54) is 15.9 Å². The number of carbonyl (C=O) groups excluding carboxylic acids is 1. The molecule has 0 aromatic carbocycles. The highest BCUT2D eigenvalue weighted by molar-refractivity contribution is 7.20. The van der Waals surface area contributed by atoms with E-state index in [9.17, 15) is 9.59 Å². The number of rotatable bonds is 6. The van der Waals surface area contributed by atoms with Gasteiger partial charge in [0.15, 0.2) is 0 Å².